The molecule has 0 saturated carbocycles. The number of amides is 1. The van der Waals surface area contributed by atoms with Gasteiger partial charge >= 0.3 is 0 Å². The van der Waals surface area contributed by atoms with Crippen molar-refractivity contribution in [2.45, 2.75) is 39.2 Å². The highest BCUT2D eigenvalue weighted by atomic mass is 79.9. The summed E-state index contributed by atoms with van der Waals surface area (Å²) in [6.45, 7) is 2.57. The van der Waals surface area contributed by atoms with Crippen molar-refractivity contribution in [3.63, 3.8) is 0 Å². The molecular formula is C20H20BrN3O2S. The number of hydrogen-bond donors (Lipinski definition) is 0. The third kappa shape index (κ3) is 3.23. The van der Waals surface area contributed by atoms with E-state index in [2.05, 4.69) is 15.9 Å². The first-order valence-corrected chi connectivity index (χ1v) is 10.6. The number of halogens is 1. The lowest BCUT2D eigenvalue weighted by molar-refractivity contribution is 0.0996. The number of nitrogens with zero attached hydrogens (tertiary/aromatic N) is 3. The molecule has 3 heterocycles. The molecule has 0 bridgehead atoms. The molecule has 0 N–H and O–H groups in total. The van der Waals surface area contributed by atoms with Crippen LogP contribution < -0.4 is 10.5 Å². The highest BCUT2D eigenvalue weighted by molar-refractivity contribution is 9.10. The number of hydrogen-bond acceptors (Lipinski definition) is 4. The van der Waals surface area contributed by atoms with Gasteiger partial charge < -0.3 is 4.90 Å². The summed E-state index contributed by atoms with van der Waals surface area (Å²) >= 11 is 4.74. The summed E-state index contributed by atoms with van der Waals surface area (Å²) in [5.74, 6) is 0.740. The average Bonchev–Trinajstić information content (AvgIpc) is 2.83. The third-order valence-electron chi connectivity index (χ3n) is 5.12. The van der Waals surface area contributed by atoms with Crippen LogP contribution in [0.5, 0.6) is 0 Å². The van der Waals surface area contributed by atoms with E-state index in [-0.39, 0.29) is 11.5 Å². The van der Waals surface area contributed by atoms with Crippen molar-refractivity contribution >= 4 is 49.1 Å². The van der Waals surface area contributed by atoms with Crippen LogP contribution in [0.3, 0.4) is 0 Å². The van der Waals surface area contributed by atoms with Crippen LogP contribution in [0.25, 0.3) is 10.2 Å². The molecule has 1 aromatic carbocycles. The summed E-state index contributed by atoms with van der Waals surface area (Å²) in [4.78, 5) is 33.8. The Bertz CT molecular complexity index is 1090. The minimum Gasteiger partial charge on any atom is -0.311 e. The summed E-state index contributed by atoms with van der Waals surface area (Å²) in [6.07, 6.45) is 4.00. The average molecular weight is 446 g/mol. The van der Waals surface area contributed by atoms with Gasteiger partial charge in [0.15, 0.2) is 0 Å². The number of carbonyl (C=O) groups is 1. The van der Waals surface area contributed by atoms with Crippen LogP contribution in [-0.2, 0) is 13.0 Å². The Hall–Kier alpha value is -1.99. The highest BCUT2D eigenvalue weighted by Gasteiger charge is 2.24. The number of aromatic nitrogens is 2. The third-order valence-corrected chi connectivity index (χ3v) is 6.83. The summed E-state index contributed by atoms with van der Waals surface area (Å²) in [6, 6.07) is 7.59. The second-order valence-corrected chi connectivity index (χ2v) is 8.79. The first-order chi connectivity index (χ1) is 13.0. The van der Waals surface area contributed by atoms with Crippen molar-refractivity contribution in [3.05, 3.63) is 55.4 Å². The van der Waals surface area contributed by atoms with Gasteiger partial charge in [-0.1, -0.05) is 22.4 Å². The number of anilines is 1. The maximum Gasteiger partial charge on any atom is 0.268 e. The van der Waals surface area contributed by atoms with E-state index in [4.69, 9.17) is 4.98 Å². The fraction of sp³-hybridized carbons (Fsp3) is 0.350. The normalized spacial score (nSPS) is 14.0. The van der Waals surface area contributed by atoms with E-state index in [0.29, 0.717) is 21.6 Å². The molecule has 2 aromatic heterocycles. The van der Waals surface area contributed by atoms with Crippen molar-refractivity contribution in [1.82, 2.24) is 9.55 Å². The Kier molecular flexibility index (Phi) is 4.90. The van der Waals surface area contributed by atoms with E-state index in [0.717, 1.165) is 47.2 Å². The summed E-state index contributed by atoms with van der Waals surface area (Å²) in [7, 11) is 1.75. The number of aryl methyl sites for hydroxylation is 2. The Balaban J connectivity index is 1.79. The molecule has 5 nitrogen and oxygen atoms in total. The Morgan fingerprint density at radius 3 is 2.70 bits per heavy atom. The van der Waals surface area contributed by atoms with Crippen LogP contribution in [0.4, 0.5) is 5.69 Å². The van der Waals surface area contributed by atoms with Crippen LogP contribution in [0.15, 0.2) is 33.5 Å². The van der Waals surface area contributed by atoms with Gasteiger partial charge in [-0.2, -0.15) is 0 Å². The fourth-order valence-corrected chi connectivity index (χ4v) is 4.98. The summed E-state index contributed by atoms with van der Waals surface area (Å²) < 4.78 is 2.77. The number of benzene rings is 1. The molecule has 0 radical (unpaired) electrons. The van der Waals surface area contributed by atoms with Crippen molar-refractivity contribution in [1.29, 1.82) is 0 Å². The van der Waals surface area contributed by atoms with Gasteiger partial charge in [0.25, 0.3) is 11.5 Å². The summed E-state index contributed by atoms with van der Waals surface area (Å²) in [5, 5.41) is 0.596. The zero-order valence-electron chi connectivity index (χ0n) is 15.3. The molecule has 0 atom stereocenters. The Morgan fingerprint density at radius 2 is 1.96 bits per heavy atom. The highest BCUT2D eigenvalue weighted by Crippen LogP contribution is 2.30. The molecular weight excluding hydrogens is 426 g/mol. The second-order valence-electron chi connectivity index (χ2n) is 6.87. The van der Waals surface area contributed by atoms with Gasteiger partial charge in [-0.15, -0.1) is 11.3 Å². The minimum absolute atomic E-state index is 0.00371. The first kappa shape index (κ1) is 18.4. The molecule has 140 valence electrons. The molecule has 1 aliphatic heterocycles. The maximum atomic E-state index is 13.1. The molecule has 1 aliphatic rings. The molecule has 1 amide bonds. The Labute approximate surface area is 169 Å². The summed E-state index contributed by atoms with van der Waals surface area (Å²) in [5.41, 5.74) is 1.54. The van der Waals surface area contributed by atoms with Gasteiger partial charge in [-0.25, -0.2) is 4.98 Å². The number of fused-ring (bicyclic) bond motifs is 2. The molecule has 0 aliphatic carbocycles. The smallest absolute Gasteiger partial charge is 0.268 e. The van der Waals surface area contributed by atoms with E-state index in [9.17, 15) is 9.59 Å². The number of carbonyl (C=O) groups excluding carboxylic acids is 1. The number of rotatable bonds is 2. The molecule has 4 rings (SSSR count). The van der Waals surface area contributed by atoms with Crippen molar-refractivity contribution < 1.29 is 4.79 Å². The van der Waals surface area contributed by atoms with Gasteiger partial charge in [-0.3, -0.25) is 14.2 Å². The molecule has 7 heteroatoms. The lowest BCUT2D eigenvalue weighted by Gasteiger charge is -2.17. The largest absolute Gasteiger partial charge is 0.311 e. The lowest BCUT2D eigenvalue weighted by atomic mass is 10.2. The van der Waals surface area contributed by atoms with Gasteiger partial charge in [0.2, 0.25) is 0 Å². The second kappa shape index (κ2) is 7.20. The van der Waals surface area contributed by atoms with E-state index >= 15 is 0 Å². The van der Waals surface area contributed by atoms with Crippen LogP contribution in [-0.4, -0.2) is 22.5 Å². The van der Waals surface area contributed by atoms with Crippen LogP contribution >= 0.6 is 27.3 Å². The molecule has 3 aromatic rings. The molecule has 0 spiro atoms. The van der Waals surface area contributed by atoms with Crippen molar-refractivity contribution in [2.24, 2.45) is 0 Å². The van der Waals surface area contributed by atoms with E-state index in [1.807, 2.05) is 35.8 Å². The van der Waals surface area contributed by atoms with E-state index in [1.54, 1.807) is 11.9 Å². The zero-order valence-corrected chi connectivity index (χ0v) is 17.7. The van der Waals surface area contributed by atoms with Crippen LogP contribution in [0.1, 0.15) is 40.3 Å². The first-order valence-electron chi connectivity index (χ1n) is 9.04. The van der Waals surface area contributed by atoms with Crippen molar-refractivity contribution in [3.8, 4) is 0 Å². The minimum atomic E-state index is -0.114. The number of thiophene rings is 1. The van der Waals surface area contributed by atoms with Crippen molar-refractivity contribution in [2.75, 3.05) is 11.9 Å². The van der Waals surface area contributed by atoms with Gasteiger partial charge in [-0.05, 0) is 49.6 Å². The standard InChI is InChI=1S/C20H20BrN3O2S/c1-12-16-18(22-15-6-4-3-5-11-24(15)19(16)25)27-17(12)20(26)23(2)14-9-7-13(21)8-10-14/h7-10H,3-6,11H2,1-2H3. The van der Waals surface area contributed by atoms with Crippen LogP contribution in [0.2, 0.25) is 0 Å². The molecule has 27 heavy (non-hydrogen) atoms. The maximum absolute atomic E-state index is 13.1. The van der Waals surface area contributed by atoms with Gasteiger partial charge in [0.1, 0.15) is 10.7 Å². The van der Waals surface area contributed by atoms with Gasteiger partial charge in [0.05, 0.1) is 10.3 Å². The Morgan fingerprint density at radius 1 is 1.22 bits per heavy atom. The fourth-order valence-electron chi connectivity index (χ4n) is 3.55. The molecule has 0 saturated heterocycles. The SMILES string of the molecule is Cc1c(C(=O)N(C)c2ccc(Br)cc2)sc2nc3n(c(=O)c12)CCCCC3. The van der Waals surface area contributed by atoms with E-state index < -0.39 is 0 Å². The predicted molar refractivity (Wildman–Crippen MR) is 113 cm³/mol. The monoisotopic (exact) mass is 445 g/mol. The molecule has 0 unspecified atom stereocenters. The van der Waals surface area contributed by atoms with E-state index in [1.165, 1.54) is 11.3 Å². The zero-order chi connectivity index (χ0) is 19.1. The predicted octanol–water partition coefficient (Wildman–Crippen LogP) is 4.53. The topological polar surface area (TPSA) is 55.2 Å². The van der Waals surface area contributed by atoms with Gasteiger partial charge in [0, 0.05) is 30.2 Å². The molecule has 0 fully saturated rings. The van der Waals surface area contributed by atoms with Crippen LogP contribution in [0, 0.1) is 6.92 Å². The lowest BCUT2D eigenvalue weighted by Crippen LogP contribution is -2.26. The quantitative estimate of drug-likeness (QED) is 0.581.